The molecule has 1 aliphatic rings. The van der Waals surface area contributed by atoms with Gasteiger partial charge in [-0.1, -0.05) is 6.92 Å². The average molecular weight is 266 g/mol. The summed E-state index contributed by atoms with van der Waals surface area (Å²) in [6, 6.07) is 0.798. The molecule has 4 nitrogen and oxygen atoms in total. The van der Waals surface area contributed by atoms with Crippen molar-refractivity contribution in [1.29, 1.82) is 0 Å². The van der Waals surface area contributed by atoms with Gasteiger partial charge in [0.25, 0.3) is 0 Å². The van der Waals surface area contributed by atoms with E-state index in [0.29, 0.717) is 18.9 Å². The van der Waals surface area contributed by atoms with Gasteiger partial charge in [-0.05, 0) is 31.5 Å². The lowest BCUT2D eigenvalue weighted by Gasteiger charge is -2.21. The highest BCUT2D eigenvalue weighted by Crippen LogP contribution is 2.19. The Bertz CT molecular complexity index is 320. The van der Waals surface area contributed by atoms with Gasteiger partial charge in [-0.15, -0.1) is 0 Å². The third-order valence-electron chi connectivity index (χ3n) is 2.66. The number of rotatable bonds is 5. The van der Waals surface area contributed by atoms with Crippen LogP contribution in [-0.2, 0) is 14.6 Å². The maximum absolute atomic E-state index is 11.2. The Kier molecular flexibility index (Phi) is 4.56. The Balaban J connectivity index is 2.26. The quantitative estimate of drug-likeness (QED) is 0.755. The molecule has 1 N–H and O–H groups in total. The molecule has 0 bridgehead atoms. The number of hydrogen-bond donors (Lipinski definition) is 1. The Morgan fingerprint density at radius 2 is 2.12 bits per heavy atom. The summed E-state index contributed by atoms with van der Waals surface area (Å²) in [7, 11) is -4.87. The van der Waals surface area contributed by atoms with E-state index >= 15 is 0 Å². The summed E-state index contributed by atoms with van der Waals surface area (Å²) in [6.07, 6.45) is 0.491. The molecular weight excluding hydrogens is 244 g/mol. The van der Waals surface area contributed by atoms with E-state index in [1.807, 2.05) is 20.0 Å². The predicted octanol–water partition coefficient (Wildman–Crippen LogP) is 1.02. The fourth-order valence-corrected chi connectivity index (χ4v) is 5.55. The van der Waals surface area contributed by atoms with Crippen molar-refractivity contribution in [1.82, 2.24) is 0 Å². The van der Waals surface area contributed by atoms with Crippen molar-refractivity contribution in [2.45, 2.75) is 38.6 Å². The van der Waals surface area contributed by atoms with Crippen molar-refractivity contribution in [2.75, 3.05) is 18.1 Å². The van der Waals surface area contributed by atoms with Gasteiger partial charge >= 0.3 is 0 Å². The maximum Gasteiger partial charge on any atom is 0.182 e. The molecule has 0 spiro atoms. The standard InChI is InChI=1S/C10H22O4SSi/c1-9(8-16(2,3)13)6-14-10-4-5-15(11,12)7-10/h9-10,13H,4-8H2,1-3H3. The molecule has 6 heteroatoms. The minimum atomic E-state index is -2.84. The van der Waals surface area contributed by atoms with Gasteiger partial charge in [0.05, 0.1) is 17.6 Å². The molecule has 1 rings (SSSR count). The Morgan fingerprint density at radius 3 is 2.56 bits per heavy atom. The highest BCUT2D eigenvalue weighted by molar-refractivity contribution is 7.91. The molecule has 0 aromatic carbocycles. The molecule has 0 aromatic heterocycles. The molecule has 0 radical (unpaired) electrons. The van der Waals surface area contributed by atoms with E-state index in [1.54, 1.807) is 0 Å². The van der Waals surface area contributed by atoms with E-state index in [-0.39, 0.29) is 17.6 Å². The predicted molar refractivity (Wildman–Crippen MR) is 66.7 cm³/mol. The van der Waals surface area contributed by atoms with Crippen molar-refractivity contribution in [3.63, 3.8) is 0 Å². The van der Waals surface area contributed by atoms with Crippen LogP contribution in [0.25, 0.3) is 0 Å². The minimum absolute atomic E-state index is 0.129. The molecule has 0 amide bonds. The zero-order valence-electron chi connectivity index (χ0n) is 10.3. The van der Waals surface area contributed by atoms with Crippen LogP contribution in [-0.4, -0.2) is 45.7 Å². The van der Waals surface area contributed by atoms with Crippen LogP contribution >= 0.6 is 0 Å². The van der Waals surface area contributed by atoms with Crippen LogP contribution in [0.4, 0.5) is 0 Å². The fraction of sp³-hybridized carbons (Fsp3) is 1.00. The molecule has 1 aliphatic heterocycles. The second kappa shape index (κ2) is 5.16. The topological polar surface area (TPSA) is 63.6 Å². The van der Waals surface area contributed by atoms with Crippen molar-refractivity contribution in [3.8, 4) is 0 Å². The van der Waals surface area contributed by atoms with Crippen molar-refractivity contribution in [2.24, 2.45) is 5.92 Å². The van der Waals surface area contributed by atoms with Crippen molar-refractivity contribution in [3.05, 3.63) is 0 Å². The zero-order valence-corrected chi connectivity index (χ0v) is 12.1. The second-order valence-electron chi connectivity index (χ2n) is 5.48. The molecule has 16 heavy (non-hydrogen) atoms. The summed E-state index contributed by atoms with van der Waals surface area (Å²) in [5.74, 6) is 0.723. The molecule has 1 saturated heterocycles. The highest BCUT2D eigenvalue weighted by Gasteiger charge is 2.29. The molecule has 96 valence electrons. The third-order valence-corrected chi connectivity index (χ3v) is 6.09. The lowest BCUT2D eigenvalue weighted by molar-refractivity contribution is 0.0514. The summed E-state index contributed by atoms with van der Waals surface area (Å²) >= 11 is 0. The van der Waals surface area contributed by atoms with Crippen LogP contribution in [0.2, 0.25) is 19.1 Å². The second-order valence-corrected chi connectivity index (χ2v) is 11.7. The van der Waals surface area contributed by atoms with Gasteiger partial charge in [-0.3, -0.25) is 0 Å². The molecule has 1 heterocycles. The highest BCUT2D eigenvalue weighted by atomic mass is 32.2. The molecule has 0 saturated carbocycles. The number of sulfone groups is 1. The molecule has 1 fully saturated rings. The molecule has 0 aromatic rings. The van der Waals surface area contributed by atoms with Crippen LogP contribution < -0.4 is 0 Å². The van der Waals surface area contributed by atoms with Gasteiger partial charge in [0, 0.05) is 6.61 Å². The average Bonchev–Trinajstić information content (AvgIpc) is 2.39. The van der Waals surface area contributed by atoms with Crippen LogP contribution in [0.3, 0.4) is 0 Å². The maximum atomic E-state index is 11.2. The minimum Gasteiger partial charge on any atom is -0.432 e. The van der Waals surface area contributed by atoms with Gasteiger partial charge < -0.3 is 9.53 Å². The van der Waals surface area contributed by atoms with Crippen LogP contribution in [0, 0.1) is 5.92 Å². The van der Waals surface area contributed by atoms with Crippen LogP contribution in [0.1, 0.15) is 13.3 Å². The lowest BCUT2D eigenvalue weighted by Crippen LogP contribution is -2.29. The van der Waals surface area contributed by atoms with Crippen molar-refractivity contribution < 1.29 is 18.0 Å². The van der Waals surface area contributed by atoms with E-state index < -0.39 is 18.2 Å². The van der Waals surface area contributed by atoms with E-state index in [4.69, 9.17) is 4.74 Å². The first-order chi connectivity index (χ1) is 7.18. The largest absolute Gasteiger partial charge is 0.432 e. The first-order valence-electron chi connectivity index (χ1n) is 5.72. The smallest absolute Gasteiger partial charge is 0.182 e. The van der Waals surface area contributed by atoms with Gasteiger partial charge in [-0.2, -0.15) is 0 Å². The van der Waals surface area contributed by atoms with Gasteiger partial charge in [0.15, 0.2) is 18.2 Å². The Morgan fingerprint density at radius 1 is 1.50 bits per heavy atom. The number of ether oxygens (including phenoxy) is 1. The van der Waals surface area contributed by atoms with Crippen molar-refractivity contribution >= 4 is 18.2 Å². The van der Waals surface area contributed by atoms with Crippen LogP contribution in [0.5, 0.6) is 0 Å². The van der Waals surface area contributed by atoms with E-state index in [1.165, 1.54) is 0 Å². The van der Waals surface area contributed by atoms with Gasteiger partial charge in [-0.25, -0.2) is 8.42 Å². The Hall–Kier alpha value is 0.0869. The van der Waals surface area contributed by atoms with Gasteiger partial charge in [0.1, 0.15) is 0 Å². The van der Waals surface area contributed by atoms with Gasteiger partial charge in [0.2, 0.25) is 0 Å². The number of hydrogen-bond acceptors (Lipinski definition) is 4. The molecule has 0 aliphatic carbocycles. The monoisotopic (exact) mass is 266 g/mol. The van der Waals surface area contributed by atoms with Crippen LogP contribution in [0.15, 0.2) is 0 Å². The van der Waals surface area contributed by atoms with E-state index in [9.17, 15) is 13.2 Å². The third kappa shape index (κ3) is 5.43. The first-order valence-corrected chi connectivity index (χ1v) is 10.7. The normalized spacial score (nSPS) is 26.9. The molecular formula is C10H22O4SSi. The fourth-order valence-electron chi connectivity index (χ4n) is 2.10. The lowest BCUT2D eigenvalue weighted by atomic mass is 10.2. The summed E-state index contributed by atoms with van der Waals surface area (Å²) < 4.78 is 28.0. The summed E-state index contributed by atoms with van der Waals surface area (Å²) in [4.78, 5) is 9.75. The SMILES string of the molecule is CC(COC1CCS(=O)(=O)C1)C[Si](C)(C)O. The summed E-state index contributed by atoms with van der Waals surface area (Å²) in [5.41, 5.74) is 0. The Labute approximate surface area is 99.1 Å². The zero-order chi connectivity index (χ0) is 12.4. The summed E-state index contributed by atoms with van der Waals surface area (Å²) in [5, 5.41) is 0. The van der Waals surface area contributed by atoms with E-state index in [2.05, 4.69) is 0 Å². The molecule has 2 atom stereocenters. The first kappa shape index (κ1) is 14.1. The summed E-state index contributed by atoms with van der Waals surface area (Å²) in [6.45, 7) is 6.40. The van der Waals surface area contributed by atoms with E-state index in [0.717, 1.165) is 6.04 Å². The molecule has 2 unspecified atom stereocenters.